The third-order valence-electron chi connectivity index (χ3n) is 4.82. The van der Waals surface area contributed by atoms with Crippen LogP contribution >= 0.6 is 11.8 Å². The number of benzene rings is 3. The first-order chi connectivity index (χ1) is 15.6. The van der Waals surface area contributed by atoms with E-state index in [4.69, 9.17) is 4.74 Å². The zero-order valence-corrected chi connectivity index (χ0v) is 18.3. The molecule has 0 saturated heterocycles. The van der Waals surface area contributed by atoms with Gasteiger partial charge in [0.15, 0.2) is 0 Å². The van der Waals surface area contributed by atoms with Gasteiger partial charge in [-0.15, -0.1) is 16.9 Å². The monoisotopic (exact) mass is 441 g/mol. The van der Waals surface area contributed by atoms with Crippen LogP contribution in [0.25, 0.3) is 22.8 Å². The summed E-state index contributed by atoms with van der Waals surface area (Å²) in [4.78, 5) is 13.8. The summed E-state index contributed by atoms with van der Waals surface area (Å²) >= 11 is 1.64. The number of fused-ring (bicyclic) bond motifs is 1. The number of nitrogens with zero attached hydrogens (tertiary/aromatic N) is 4. The molecule has 3 aromatic carbocycles. The second kappa shape index (κ2) is 9.37. The molecule has 0 unspecified atom stereocenters. The van der Waals surface area contributed by atoms with E-state index in [0.717, 1.165) is 16.2 Å². The maximum absolute atomic E-state index is 12.7. The summed E-state index contributed by atoms with van der Waals surface area (Å²) < 4.78 is 6.62. The molecule has 0 bridgehead atoms. The lowest BCUT2D eigenvalue weighted by Crippen LogP contribution is -2.11. The van der Waals surface area contributed by atoms with Crippen molar-refractivity contribution >= 4 is 46.2 Å². The standard InChI is InChI=1S/C24H19N5O2S/c1-31-20-8-3-16(4-9-20)13-19(15-25)29-23-12-5-17(14-22(23)27-28-29)24(30)26-18-6-10-21(32-2)11-7-18/h3-14H,1-2H3,(H,26,30)/b19-13+. The molecule has 4 aromatic rings. The molecule has 0 fully saturated rings. The van der Waals surface area contributed by atoms with Crippen molar-refractivity contribution in [3.63, 3.8) is 0 Å². The number of hydrogen-bond donors (Lipinski definition) is 1. The first-order valence-corrected chi connectivity index (χ1v) is 10.9. The number of nitriles is 1. The summed E-state index contributed by atoms with van der Waals surface area (Å²) in [5.41, 5.74) is 3.46. The number of thioether (sulfide) groups is 1. The zero-order valence-electron chi connectivity index (χ0n) is 17.4. The van der Waals surface area contributed by atoms with Gasteiger partial charge >= 0.3 is 0 Å². The molecule has 0 aliphatic rings. The first kappa shape index (κ1) is 21.2. The molecule has 0 saturated carbocycles. The maximum Gasteiger partial charge on any atom is 0.255 e. The molecule has 0 atom stereocenters. The van der Waals surface area contributed by atoms with Crippen LogP contribution in [0.3, 0.4) is 0 Å². The van der Waals surface area contributed by atoms with Crippen LogP contribution in [-0.4, -0.2) is 34.3 Å². The highest BCUT2D eigenvalue weighted by molar-refractivity contribution is 7.98. The highest BCUT2D eigenvalue weighted by Gasteiger charge is 2.13. The van der Waals surface area contributed by atoms with Gasteiger partial charge in [-0.05, 0) is 72.5 Å². The van der Waals surface area contributed by atoms with Crippen molar-refractivity contribution in [2.24, 2.45) is 0 Å². The van der Waals surface area contributed by atoms with Gasteiger partial charge in [-0.3, -0.25) is 4.79 Å². The molecule has 0 spiro atoms. The van der Waals surface area contributed by atoms with Crippen LogP contribution in [0.2, 0.25) is 0 Å². The Morgan fingerprint density at radius 3 is 2.53 bits per heavy atom. The van der Waals surface area contributed by atoms with E-state index in [2.05, 4.69) is 21.7 Å². The maximum atomic E-state index is 12.7. The largest absolute Gasteiger partial charge is 0.497 e. The Morgan fingerprint density at radius 1 is 1.12 bits per heavy atom. The Morgan fingerprint density at radius 2 is 1.88 bits per heavy atom. The Kier molecular flexibility index (Phi) is 6.19. The number of carbonyl (C=O) groups is 1. The molecule has 0 radical (unpaired) electrons. The van der Waals surface area contributed by atoms with Crippen LogP contribution in [0.15, 0.2) is 71.6 Å². The molecule has 4 rings (SSSR count). The summed E-state index contributed by atoms with van der Waals surface area (Å²) in [5.74, 6) is 0.491. The van der Waals surface area contributed by atoms with Crippen molar-refractivity contribution in [2.75, 3.05) is 18.7 Å². The fourth-order valence-electron chi connectivity index (χ4n) is 3.12. The number of amides is 1. The van der Waals surface area contributed by atoms with Gasteiger partial charge in [-0.25, -0.2) is 4.68 Å². The molecule has 0 aliphatic carbocycles. The average molecular weight is 442 g/mol. The van der Waals surface area contributed by atoms with Gasteiger partial charge in [0.25, 0.3) is 5.91 Å². The highest BCUT2D eigenvalue weighted by atomic mass is 32.2. The van der Waals surface area contributed by atoms with Gasteiger partial charge in [0.2, 0.25) is 0 Å². The van der Waals surface area contributed by atoms with Crippen LogP contribution in [-0.2, 0) is 0 Å². The lowest BCUT2D eigenvalue weighted by molar-refractivity contribution is 0.102. The van der Waals surface area contributed by atoms with Crippen LogP contribution in [0, 0.1) is 11.3 Å². The predicted molar refractivity (Wildman–Crippen MR) is 126 cm³/mol. The third-order valence-corrected chi connectivity index (χ3v) is 5.56. The Hall–Kier alpha value is -4.09. The average Bonchev–Trinajstić information content (AvgIpc) is 3.26. The minimum absolute atomic E-state index is 0.243. The van der Waals surface area contributed by atoms with E-state index in [0.29, 0.717) is 28.0 Å². The fourth-order valence-corrected chi connectivity index (χ4v) is 3.53. The Bertz CT molecular complexity index is 1340. The van der Waals surface area contributed by atoms with E-state index in [-0.39, 0.29) is 5.91 Å². The van der Waals surface area contributed by atoms with Crippen molar-refractivity contribution in [3.8, 4) is 11.8 Å². The Labute approximate surface area is 189 Å². The smallest absolute Gasteiger partial charge is 0.255 e. The lowest BCUT2D eigenvalue weighted by Gasteiger charge is -2.06. The van der Waals surface area contributed by atoms with Crippen LogP contribution < -0.4 is 10.1 Å². The minimum atomic E-state index is -0.243. The van der Waals surface area contributed by atoms with Gasteiger partial charge in [-0.1, -0.05) is 17.3 Å². The number of methoxy groups -OCH3 is 1. The lowest BCUT2D eigenvalue weighted by atomic mass is 10.1. The molecular weight excluding hydrogens is 422 g/mol. The second-order valence-electron chi connectivity index (χ2n) is 6.80. The van der Waals surface area contributed by atoms with Crippen molar-refractivity contribution < 1.29 is 9.53 Å². The molecule has 158 valence electrons. The number of rotatable bonds is 6. The van der Waals surface area contributed by atoms with Crippen molar-refractivity contribution in [1.29, 1.82) is 5.26 Å². The normalized spacial score (nSPS) is 11.2. The van der Waals surface area contributed by atoms with E-state index in [1.54, 1.807) is 43.1 Å². The number of anilines is 1. The van der Waals surface area contributed by atoms with Crippen molar-refractivity contribution in [1.82, 2.24) is 15.0 Å². The van der Waals surface area contributed by atoms with Crippen LogP contribution in [0.5, 0.6) is 5.75 Å². The fraction of sp³-hybridized carbons (Fsp3) is 0.0833. The summed E-state index contributed by atoms with van der Waals surface area (Å²) in [7, 11) is 1.60. The number of ether oxygens (including phenoxy) is 1. The molecule has 1 heterocycles. The first-order valence-electron chi connectivity index (χ1n) is 9.68. The molecule has 1 aromatic heterocycles. The summed E-state index contributed by atoms with van der Waals surface area (Å²) in [6.07, 6.45) is 3.71. The summed E-state index contributed by atoms with van der Waals surface area (Å²) in [6.45, 7) is 0. The number of nitrogens with one attached hydrogen (secondary N) is 1. The molecule has 32 heavy (non-hydrogen) atoms. The predicted octanol–water partition coefficient (Wildman–Crippen LogP) is 4.94. The number of allylic oxidation sites excluding steroid dienone is 1. The number of carbonyl (C=O) groups excluding carboxylic acids is 1. The van der Waals surface area contributed by atoms with Gasteiger partial charge in [0.1, 0.15) is 23.0 Å². The van der Waals surface area contributed by atoms with Crippen LogP contribution in [0.4, 0.5) is 5.69 Å². The number of hydrogen-bond acceptors (Lipinski definition) is 6. The van der Waals surface area contributed by atoms with Gasteiger partial charge in [0.05, 0.1) is 12.6 Å². The molecule has 7 nitrogen and oxygen atoms in total. The van der Waals surface area contributed by atoms with Crippen molar-refractivity contribution in [2.45, 2.75) is 4.90 Å². The molecule has 1 amide bonds. The van der Waals surface area contributed by atoms with E-state index >= 15 is 0 Å². The van der Waals surface area contributed by atoms with Crippen molar-refractivity contribution in [3.05, 3.63) is 77.9 Å². The van der Waals surface area contributed by atoms with E-state index < -0.39 is 0 Å². The van der Waals surface area contributed by atoms with Gasteiger partial charge in [-0.2, -0.15) is 5.26 Å². The topological polar surface area (TPSA) is 92.8 Å². The van der Waals surface area contributed by atoms with E-state index in [1.165, 1.54) is 4.68 Å². The third kappa shape index (κ3) is 4.48. The van der Waals surface area contributed by atoms with Crippen LogP contribution in [0.1, 0.15) is 15.9 Å². The SMILES string of the molecule is COc1ccc(/C=C(\C#N)n2nnc3cc(C(=O)Nc4ccc(SC)cc4)ccc32)cc1. The second-order valence-corrected chi connectivity index (χ2v) is 7.68. The van der Waals surface area contributed by atoms with E-state index in [1.807, 2.05) is 54.8 Å². The molecule has 1 N–H and O–H groups in total. The highest BCUT2D eigenvalue weighted by Crippen LogP contribution is 2.21. The minimum Gasteiger partial charge on any atom is -0.497 e. The van der Waals surface area contributed by atoms with Gasteiger partial charge in [0, 0.05) is 16.1 Å². The molecular formula is C24H19N5O2S. The quantitative estimate of drug-likeness (QED) is 0.337. The molecule has 8 heteroatoms. The zero-order chi connectivity index (χ0) is 22.5. The Balaban J connectivity index is 1.59. The summed E-state index contributed by atoms with van der Waals surface area (Å²) in [6, 6.07) is 22.2. The van der Waals surface area contributed by atoms with E-state index in [9.17, 15) is 10.1 Å². The molecule has 0 aliphatic heterocycles. The summed E-state index contributed by atoms with van der Waals surface area (Å²) in [5, 5.41) is 20.8. The van der Waals surface area contributed by atoms with Gasteiger partial charge < -0.3 is 10.1 Å². The number of aromatic nitrogens is 3.